The number of rotatable bonds is 4. The lowest BCUT2D eigenvalue weighted by Crippen LogP contribution is -2.52. The first kappa shape index (κ1) is 19.1. The number of halogens is 1. The largest absolute Gasteiger partial charge is 0.392 e. The summed E-state index contributed by atoms with van der Waals surface area (Å²) in [5.41, 5.74) is 0.840. The normalized spacial score (nSPS) is 20.0. The van der Waals surface area contributed by atoms with E-state index in [0.29, 0.717) is 43.5 Å². The number of hydrogen-bond acceptors (Lipinski definition) is 4. The summed E-state index contributed by atoms with van der Waals surface area (Å²) in [7, 11) is 0. The van der Waals surface area contributed by atoms with Crippen LogP contribution in [0.15, 0.2) is 18.2 Å². The van der Waals surface area contributed by atoms with E-state index in [0.717, 1.165) is 25.9 Å². The van der Waals surface area contributed by atoms with Gasteiger partial charge < -0.3 is 19.8 Å². The SMILES string of the molecule is CC(C)N1CCC(C(=O)N2CCN(c3cccc(CO)c3F)CC2)CC1. The van der Waals surface area contributed by atoms with Gasteiger partial charge in [0.2, 0.25) is 5.91 Å². The second kappa shape index (κ2) is 8.35. The number of piperidine rings is 1. The first-order valence-corrected chi connectivity index (χ1v) is 9.67. The zero-order chi connectivity index (χ0) is 18.7. The molecular weight excluding hydrogens is 333 g/mol. The fraction of sp³-hybridized carbons (Fsp3) is 0.650. The third-order valence-electron chi connectivity index (χ3n) is 5.77. The van der Waals surface area contributed by atoms with Crippen LogP contribution in [-0.2, 0) is 11.4 Å². The van der Waals surface area contributed by atoms with Gasteiger partial charge in [0.1, 0.15) is 0 Å². The Labute approximate surface area is 155 Å². The molecule has 144 valence electrons. The van der Waals surface area contributed by atoms with Gasteiger partial charge in [-0.15, -0.1) is 0 Å². The minimum absolute atomic E-state index is 0.131. The van der Waals surface area contributed by atoms with Crippen LogP contribution in [0.2, 0.25) is 0 Å². The van der Waals surface area contributed by atoms with E-state index in [9.17, 15) is 14.3 Å². The zero-order valence-corrected chi connectivity index (χ0v) is 15.8. The second-order valence-corrected chi connectivity index (χ2v) is 7.62. The molecular formula is C20H30FN3O2. The lowest BCUT2D eigenvalue weighted by molar-refractivity contribution is -0.137. The Balaban J connectivity index is 1.55. The maximum atomic E-state index is 14.4. The summed E-state index contributed by atoms with van der Waals surface area (Å²) in [6, 6.07) is 5.65. The average Bonchev–Trinajstić information content (AvgIpc) is 2.68. The van der Waals surface area contributed by atoms with Gasteiger partial charge >= 0.3 is 0 Å². The van der Waals surface area contributed by atoms with E-state index >= 15 is 0 Å². The van der Waals surface area contributed by atoms with Crippen molar-refractivity contribution in [2.24, 2.45) is 5.92 Å². The highest BCUT2D eigenvalue weighted by Gasteiger charge is 2.31. The molecule has 1 amide bonds. The minimum atomic E-state index is -0.351. The average molecular weight is 363 g/mol. The van der Waals surface area contributed by atoms with E-state index in [1.54, 1.807) is 18.2 Å². The molecule has 3 rings (SSSR count). The van der Waals surface area contributed by atoms with Crippen molar-refractivity contribution in [2.75, 3.05) is 44.2 Å². The molecule has 0 unspecified atom stereocenters. The molecule has 2 aliphatic rings. The summed E-state index contributed by atoms with van der Waals surface area (Å²) in [4.78, 5) is 19.2. The lowest BCUT2D eigenvalue weighted by Gasteiger charge is -2.40. The van der Waals surface area contributed by atoms with Crippen molar-refractivity contribution in [2.45, 2.75) is 39.3 Å². The van der Waals surface area contributed by atoms with Gasteiger partial charge in [-0.25, -0.2) is 4.39 Å². The van der Waals surface area contributed by atoms with E-state index in [-0.39, 0.29) is 24.2 Å². The number of benzene rings is 1. The van der Waals surface area contributed by atoms with Gasteiger partial charge in [-0.1, -0.05) is 12.1 Å². The van der Waals surface area contributed by atoms with E-state index in [2.05, 4.69) is 18.7 Å². The lowest BCUT2D eigenvalue weighted by atomic mass is 9.94. The Hall–Kier alpha value is -1.66. The van der Waals surface area contributed by atoms with Crippen molar-refractivity contribution in [3.05, 3.63) is 29.6 Å². The minimum Gasteiger partial charge on any atom is -0.392 e. The molecule has 0 bridgehead atoms. The molecule has 0 saturated carbocycles. The molecule has 1 aromatic carbocycles. The van der Waals surface area contributed by atoms with Crippen LogP contribution in [0.25, 0.3) is 0 Å². The molecule has 5 nitrogen and oxygen atoms in total. The summed E-state index contributed by atoms with van der Waals surface area (Å²) < 4.78 is 14.4. The van der Waals surface area contributed by atoms with Gasteiger partial charge in [0.15, 0.2) is 5.82 Å². The van der Waals surface area contributed by atoms with Crippen LogP contribution in [-0.4, -0.2) is 66.1 Å². The van der Waals surface area contributed by atoms with Crippen molar-refractivity contribution < 1.29 is 14.3 Å². The van der Waals surface area contributed by atoms with Crippen molar-refractivity contribution in [3.8, 4) is 0 Å². The van der Waals surface area contributed by atoms with Gasteiger partial charge in [-0.3, -0.25) is 4.79 Å². The van der Waals surface area contributed by atoms with E-state index < -0.39 is 0 Å². The molecule has 0 aliphatic carbocycles. The summed E-state index contributed by atoms with van der Waals surface area (Å²) >= 11 is 0. The quantitative estimate of drug-likeness (QED) is 0.890. The van der Waals surface area contributed by atoms with Gasteiger partial charge in [-0.2, -0.15) is 0 Å². The van der Waals surface area contributed by atoms with Crippen molar-refractivity contribution in [1.82, 2.24) is 9.80 Å². The molecule has 0 radical (unpaired) electrons. The zero-order valence-electron chi connectivity index (χ0n) is 15.8. The summed E-state index contributed by atoms with van der Waals surface area (Å²) in [6.45, 7) is 8.61. The molecule has 0 atom stereocenters. The molecule has 2 heterocycles. The highest BCUT2D eigenvalue weighted by molar-refractivity contribution is 5.79. The van der Waals surface area contributed by atoms with Crippen LogP contribution in [0.4, 0.5) is 10.1 Å². The number of aliphatic hydroxyl groups excluding tert-OH is 1. The Morgan fingerprint density at radius 3 is 2.38 bits per heavy atom. The van der Waals surface area contributed by atoms with Crippen molar-refractivity contribution in [1.29, 1.82) is 0 Å². The predicted octanol–water partition coefficient (Wildman–Crippen LogP) is 2.09. The number of hydrogen-bond donors (Lipinski definition) is 1. The van der Waals surface area contributed by atoms with Crippen LogP contribution in [0.5, 0.6) is 0 Å². The Morgan fingerprint density at radius 2 is 1.81 bits per heavy atom. The van der Waals surface area contributed by atoms with Gasteiger partial charge in [0, 0.05) is 43.7 Å². The van der Waals surface area contributed by atoms with Gasteiger partial charge in [0.05, 0.1) is 12.3 Å². The highest BCUT2D eigenvalue weighted by Crippen LogP contribution is 2.25. The molecule has 2 fully saturated rings. The number of anilines is 1. The highest BCUT2D eigenvalue weighted by atomic mass is 19.1. The molecule has 1 aromatic rings. The molecule has 2 saturated heterocycles. The first-order chi connectivity index (χ1) is 12.5. The Morgan fingerprint density at radius 1 is 1.15 bits per heavy atom. The standard InChI is InChI=1S/C20H30FN3O2/c1-15(2)22-8-6-16(7-9-22)20(26)24-12-10-23(11-13-24)18-5-3-4-17(14-25)19(18)21/h3-5,15-16,25H,6-14H2,1-2H3. The second-order valence-electron chi connectivity index (χ2n) is 7.62. The monoisotopic (exact) mass is 363 g/mol. The number of carbonyl (C=O) groups is 1. The summed E-state index contributed by atoms with van der Waals surface area (Å²) in [5, 5.41) is 9.24. The number of likely N-dealkylation sites (tertiary alicyclic amines) is 1. The molecule has 0 aromatic heterocycles. The number of carbonyl (C=O) groups excluding carboxylic acids is 1. The molecule has 2 aliphatic heterocycles. The van der Waals surface area contributed by atoms with Crippen LogP contribution in [0.3, 0.4) is 0 Å². The smallest absolute Gasteiger partial charge is 0.225 e. The van der Waals surface area contributed by atoms with Gasteiger partial charge in [0.25, 0.3) is 0 Å². The third-order valence-corrected chi connectivity index (χ3v) is 5.77. The Bertz CT molecular complexity index is 621. The molecule has 1 N–H and O–H groups in total. The maximum Gasteiger partial charge on any atom is 0.225 e. The molecule has 6 heteroatoms. The van der Waals surface area contributed by atoms with Crippen molar-refractivity contribution >= 4 is 11.6 Å². The number of piperazine rings is 1. The predicted molar refractivity (Wildman–Crippen MR) is 101 cm³/mol. The van der Waals surface area contributed by atoms with Crippen LogP contribution in [0.1, 0.15) is 32.3 Å². The maximum absolute atomic E-state index is 14.4. The number of aliphatic hydroxyl groups is 1. The van der Waals surface area contributed by atoms with Crippen LogP contribution < -0.4 is 4.90 Å². The fourth-order valence-electron chi connectivity index (χ4n) is 4.02. The van der Waals surface area contributed by atoms with Crippen LogP contribution in [0, 0.1) is 11.7 Å². The molecule has 0 spiro atoms. The third kappa shape index (κ3) is 4.01. The van der Waals surface area contributed by atoms with Crippen molar-refractivity contribution in [3.63, 3.8) is 0 Å². The fourth-order valence-corrected chi connectivity index (χ4v) is 4.02. The Kier molecular flexibility index (Phi) is 6.14. The first-order valence-electron chi connectivity index (χ1n) is 9.67. The van der Waals surface area contributed by atoms with Crippen LogP contribution >= 0.6 is 0 Å². The number of nitrogens with zero attached hydrogens (tertiary/aromatic N) is 3. The number of amides is 1. The summed E-state index contributed by atoms with van der Waals surface area (Å²) in [6.07, 6.45) is 1.87. The molecule has 26 heavy (non-hydrogen) atoms. The van der Waals surface area contributed by atoms with Gasteiger partial charge in [-0.05, 0) is 45.8 Å². The summed E-state index contributed by atoms with van der Waals surface area (Å²) in [5.74, 6) is 0.0412. The topological polar surface area (TPSA) is 47.0 Å². The van der Waals surface area contributed by atoms with E-state index in [1.165, 1.54) is 0 Å². The van der Waals surface area contributed by atoms with E-state index in [4.69, 9.17) is 0 Å². The van der Waals surface area contributed by atoms with E-state index in [1.807, 2.05) is 9.80 Å².